The summed E-state index contributed by atoms with van der Waals surface area (Å²) >= 11 is 0. The number of carbonyl (C=O) groups is 2. The number of hydrogen-bond acceptors (Lipinski definition) is 6. The predicted molar refractivity (Wildman–Crippen MR) is 94.3 cm³/mol. The standard InChI is InChI=1S/C18H20FN3O5/c1-9-13(22-17(25)18(9,19)8-23)7-27-16-11-6-14(26-2)12(15(20)24)5-10(11)3-4-21-16/h3-6,9,13,23H,7-8H2,1-2H3,(H2,20,24)(H,22,25)/t9-,13+,18+/m0/s1. The summed E-state index contributed by atoms with van der Waals surface area (Å²) in [5.74, 6) is -1.74. The zero-order valence-electron chi connectivity index (χ0n) is 14.9. The molecule has 1 aliphatic rings. The second kappa shape index (κ2) is 6.99. The van der Waals surface area contributed by atoms with Crippen molar-refractivity contribution in [2.75, 3.05) is 20.3 Å². The average molecular weight is 377 g/mol. The van der Waals surface area contributed by atoms with Crippen LogP contribution in [0.3, 0.4) is 0 Å². The fraction of sp³-hybridized carbons (Fsp3) is 0.389. The monoisotopic (exact) mass is 377 g/mol. The highest BCUT2D eigenvalue weighted by Crippen LogP contribution is 2.33. The Bertz CT molecular complexity index is 906. The molecule has 144 valence electrons. The Balaban J connectivity index is 1.88. The lowest BCUT2D eigenvalue weighted by atomic mass is 9.90. The van der Waals surface area contributed by atoms with Gasteiger partial charge in [0.2, 0.25) is 11.5 Å². The van der Waals surface area contributed by atoms with Gasteiger partial charge in [0, 0.05) is 17.5 Å². The summed E-state index contributed by atoms with van der Waals surface area (Å²) in [5, 5.41) is 12.9. The smallest absolute Gasteiger partial charge is 0.260 e. The molecular weight excluding hydrogens is 357 g/mol. The van der Waals surface area contributed by atoms with Gasteiger partial charge in [-0.2, -0.15) is 0 Å². The van der Waals surface area contributed by atoms with Gasteiger partial charge in [0.1, 0.15) is 12.4 Å². The molecule has 0 unspecified atom stereocenters. The van der Waals surface area contributed by atoms with Crippen LogP contribution in [0.25, 0.3) is 10.8 Å². The molecule has 2 aromatic rings. The van der Waals surface area contributed by atoms with Crippen LogP contribution in [-0.2, 0) is 4.79 Å². The normalized spacial score (nSPS) is 24.7. The molecule has 3 atom stereocenters. The summed E-state index contributed by atoms with van der Waals surface area (Å²) in [6, 6.07) is 4.22. The van der Waals surface area contributed by atoms with Crippen molar-refractivity contribution < 1.29 is 28.6 Å². The van der Waals surface area contributed by atoms with Gasteiger partial charge in [0.15, 0.2) is 0 Å². The van der Waals surface area contributed by atoms with Gasteiger partial charge in [-0.3, -0.25) is 9.59 Å². The SMILES string of the molecule is COc1cc2c(OC[C@H]3NC(=O)[C@@](F)(CO)[C@H]3C)nccc2cc1C(N)=O. The van der Waals surface area contributed by atoms with E-state index in [9.17, 15) is 19.1 Å². The molecule has 9 heteroatoms. The highest BCUT2D eigenvalue weighted by atomic mass is 19.1. The van der Waals surface area contributed by atoms with Crippen molar-refractivity contribution in [1.29, 1.82) is 0 Å². The number of nitrogens with zero attached hydrogens (tertiary/aromatic N) is 1. The molecule has 3 rings (SSSR count). The zero-order chi connectivity index (χ0) is 19.8. The number of fused-ring (bicyclic) bond motifs is 1. The van der Waals surface area contributed by atoms with Crippen LogP contribution in [0.4, 0.5) is 4.39 Å². The van der Waals surface area contributed by atoms with Gasteiger partial charge in [-0.25, -0.2) is 9.37 Å². The van der Waals surface area contributed by atoms with Crippen LogP contribution in [0.5, 0.6) is 11.6 Å². The number of aliphatic hydroxyl groups excluding tert-OH is 1. The van der Waals surface area contributed by atoms with E-state index in [2.05, 4.69) is 10.3 Å². The van der Waals surface area contributed by atoms with Crippen molar-refractivity contribution >= 4 is 22.6 Å². The number of aromatic nitrogens is 1. The minimum Gasteiger partial charge on any atom is -0.496 e. The van der Waals surface area contributed by atoms with E-state index in [0.717, 1.165) is 0 Å². The van der Waals surface area contributed by atoms with Gasteiger partial charge >= 0.3 is 0 Å². The number of nitrogens with two attached hydrogens (primary N) is 1. The number of nitrogens with one attached hydrogen (secondary N) is 1. The molecule has 1 fully saturated rings. The summed E-state index contributed by atoms with van der Waals surface area (Å²) < 4.78 is 25.4. The second-order valence-corrected chi connectivity index (χ2v) is 6.45. The topological polar surface area (TPSA) is 124 Å². The Morgan fingerprint density at radius 3 is 2.81 bits per heavy atom. The van der Waals surface area contributed by atoms with Gasteiger partial charge < -0.3 is 25.6 Å². The van der Waals surface area contributed by atoms with Crippen LogP contribution >= 0.6 is 0 Å². The number of methoxy groups -OCH3 is 1. The number of amides is 2. The molecule has 8 nitrogen and oxygen atoms in total. The third-order valence-corrected chi connectivity index (χ3v) is 4.96. The first kappa shape index (κ1) is 18.8. The van der Waals surface area contributed by atoms with Gasteiger partial charge in [-0.05, 0) is 23.6 Å². The predicted octanol–water partition coefficient (Wildman–Crippen LogP) is 0.556. The molecule has 0 bridgehead atoms. The van der Waals surface area contributed by atoms with Crippen molar-refractivity contribution in [3.8, 4) is 11.6 Å². The number of carbonyl (C=O) groups excluding carboxylic acids is 2. The number of pyridine rings is 1. The summed E-state index contributed by atoms with van der Waals surface area (Å²) in [6.07, 6.45) is 1.50. The summed E-state index contributed by atoms with van der Waals surface area (Å²) in [5.41, 5.74) is 3.26. The number of alkyl halides is 1. The Labute approximate surface area is 154 Å². The van der Waals surface area contributed by atoms with Gasteiger partial charge in [-0.1, -0.05) is 6.92 Å². The molecule has 0 saturated carbocycles. The van der Waals surface area contributed by atoms with E-state index in [1.807, 2.05) is 0 Å². The van der Waals surface area contributed by atoms with E-state index in [4.69, 9.17) is 15.2 Å². The number of hydrogen-bond donors (Lipinski definition) is 3. The molecule has 2 amide bonds. The first-order valence-electron chi connectivity index (χ1n) is 8.32. The largest absolute Gasteiger partial charge is 0.496 e. The first-order chi connectivity index (χ1) is 12.8. The number of primary amides is 1. The van der Waals surface area contributed by atoms with Crippen LogP contribution in [0, 0.1) is 5.92 Å². The highest BCUT2D eigenvalue weighted by molar-refractivity contribution is 6.01. The number of benzene rings is 1. The maximum Gasteiger partial charge on any atom is 0.260 e. The van der Waals surface area contributed by atoms with E-state index in [-0.39, 0.29) is 23.8 Å². The molecular formula is C18H20FN3O5. The molecule has 1 saturated heterocycles. The fourth-order valence-electron chi connectivity index (χ4n) is 3.16. The second-order valence-electron chi connectivity index (χ2n) is 6.45. The maximum absolute atomic E-state index is 14.5. The summed E-state index contributed by atoms with van der Waals surface area (Å²) in [6.45, 7) is 0.599. The van der Waals surface area contributed by atoms with Crippen LogP contribution in [0.15, 0.2) is 24.4 Å². The van der Waals surface area contributed by atoms with E-state index < -0.39 is 36.0 Å². The Morgan fingerprint density at radius 1 is 1.48 bits per heavy atom. The lowest BCUT2D eigenvalue weighted by Gasteiger charge is -2.22. The summed E-state index contributed by atoms with van der Waals surface area (Å²) in [4.78, 5) is 27.5. The zero-order valence-corrected chi connectivity index (χ0v) is 14.9. The molecule has 4 N–H and O–H groups in total. The van der Waals surface area contributed by atoms with Gasteiger partial charge in [0.05, 0.1) is 25.3 Å². The summed E-state index contributed by atoms with van der Waals surface area (Å²) in [7, 11) is 1.41. The molecule has 1 aromatic carbocycles. The Morgan fingerprint density at radius 2 is 2.22 bits per heavy atom. The van der Waals surface area contributed by atoms with Crippen molar-refractivity contribution in [2.45, 2.75) is 18.6 Å². The lowest BCUT2D eigenvalue weighted by Crippen LogP contribution is -2.40. The van der Waals surface area contributed by atoms with Crippen molar-refractivity contribution in [2.24, 2.45) is 11.7 Å². The lowest BCUT2D eigenvalue weighted by molar-refractivity contribution is -0.133. The van der Waals surface area contributed by atoms with Gasteiger partial charge in [-0.15, -0.1) is 0 Å². The minimum atomic E-state index is -2.33. The molecule has 1 aliphatic heterocycles. The number of ether oxygens (including phenoxy) is 2. The van der Waals surface area contributed by atoms with Crippen LogP contribution < -0.4 is 20.5 Å². The van der Waals surface area contributed by atoms with E-state index in [1.165, 1.54) is 20.2 Å². The molecule has 0 aliphatic carbocycles. The molecule has 0 spiro atoms. The van der Waals surface area contributed by atoms with Crippen molar-refractivity contribution in [3.05, 3.63) is 30.0 Å². The van der Waals surface area contributed by atoms with Crippen LogP contribution in [0.2, 0.25) is 0 Å². The van der Waals surface area contributed by atoms with Crippen molar-refractivity contribution in [1.82, 2.24) is 10.3 Å². The molecule has 0 radical (unpaired) electrons. The Kier molecular flexibility index (Phi) is 4.88. The number of halogens is 1. The number of rotatable bonds is 6. The fourth-order valence-corrected chi connectivity index (χ4v) is 3.16. The number of aliphatic hydroxyl groups is 1. The quantitative estimate of drug-likeness (QED) is 0.676. The third kappa shape index (κ3) is 3.14. The molecule has 2 heterocycles. The molecule has 1 aromatic heterocycles. The highest BCUT2D eigenvalue weighted by Gasteiger charge is 2.53. The van der Waals surface area contributed by atoms with Crippen LogP contribution in [-0.4, -0.2) is 53.9 Å². The third-order valence-electron chi connectivity index (χ3n) is 4.96. The van der Waals surface area contributed by atoms with Crippen LogP contribution in [0.1, 0.15) is 17.3 Å². The maximum atomic E-state index is 14.5. The van der Waals surface area contributed by atoms with Crippen molar-refractivity contribution in [3.63, 3.8) is 0 Å². The van der Waals surface area contributed by atoms with E-state index in [0.29, 0.717) is 10.8 Å². The van der Waals surface area contributed by atoms with Gasteiger partial charge in [0.25, 0.3) is 11.8 Å². The average Bonchev–Trinajstić information content (AvgIpc) is 2.89. The van der Waals surface area contributed by atoms with E-state index >= 15 is 0 Å². The van der Waals surface area contributed by atoms with E-state index in [1.54, 1.807) is 18.2 Å². The Hall–Kier alpha value is -2.94. The minimum absolute atomic E-state index is 0.0371. The molecule has 27 heavy (non-hydrogen) atoms. The first-order valence-corrected chi connectivity index (χ1v) is 8.32.